The molecule has 1 aromatic carbocycles. The Bertz CT molecular complexity index is 413. The largest absolute Gasteiger partial charge is 0.388 e. The van der Waals surface area contributed by atoms with E-state index in [9.17, 15) is 9.90 Å². The van der Waals surface area contributed by atoms with Gasteiger partial charge in [0.1, 0.15) is 6.61 Å². The van der Waals surface area contributed by atoms with Crippen molar-refractivity contribution < 1.29 is 14.7 Å². The number of nitrogens with one attached hydrogen (secondary N) is 2. The van der Waals surface area contributed by atoms with Crippen molar-refractivity contribution in [1.29, 1.82) is 0 Å². The summed E-state index contributed by atoms with van der Waals surface area (Å²) < 4.78 is 0. The molecule has 0 unspecified atom stereocenters. The zero-order chi connectivity index (χ0) is 13.8. The molecule has 100 valence electrons. The summed E-state index contributed by atoms with van der Waals surface area (Å²) >= 11 is 11.6. The van der Waals surface area contributed by atoms with Gasteiger partial charge in [-0.15, -0.1) is 0 Å². The fourth-order valence-electron chi connectivity index (χ4n) is 1.06. The number of hydroxylamine groups is 1. The smallest absolute Gasteiger partial charge is 0.343 e. The van der Waals surface area contributed by atoms with Crippen LogP contribution in [0.1, 0.15) is 13.8 Å². The van der Waals surface area contributed by atoms with Gasteiger partial charge in [-0.1, -0.05) is 23.2 Å². The number of benzene rings is 1. The van der Waals surface area contributed by atoms with E-state index in [4.69, 9.17) is 28.0 Å². The van der Waals surface area contributed by atoms with Gasteiger partial charge in [0, 0.05) is 15.7 Å². The Labute approximate surface area is 115 Å². The van der Waals surface area contributed by atoms with Gasteiger partial charge in [0.05, 0.1) is 5.60 Å². The van der Waals surface area contributed by atoms with Crippen LogP contribution in [0.2, 0.25) is 10.0 Å². The number of carbonyl (C=O) groups excluding carboxylic acids is 1. The molecule has 0 saturated heterocycles. The fourth-order valence-corrected chi connectivity index (χ4v) is 1.59. The summed E-state index contributed by atoms with van der Waals surface area (Å²) in [7, 11) is 0. The Hall–Kier alpha value is -1.01. The van der Waals surface area contributed by atoms with Gasteiger partial charge in [0.15, 0.2) is 0 Å². The van der Waals surface area contributed by atoms with Crippen molar-refractivity contribution in [1.82, 2.24) is 5.48 Å². The predicted molar refractivity (Wildman–Crippen MR) is 70.9 cm³/mol. The molecule has 1 rings (SSSR count). The van der Waals surface area contributed by atoms with Gasteiger partial charge >= 0.3 is 6.03 Å². The van der Waals surface area contributed by atoms with Crippen molar-refractivity contribution in [3.8, 4) is 0 Å². The second-order valence-electron chi connectivity index (χ2n) is 4.32. The average Bonchev–Trinajstić information content (AvgIpc) is 2.12. The first-order chi connectivity index (χ1) is 8.26. The maximum Gasteiger partial charge on any atom is 0.343 e. The molecule has 0 bridgehead atoms. The van der Waals surface area contributed by atoms with Gasteiger partial charge < -0.3 is 10.4 Å². The first-order valence-corrected chi connectivity index (χ1v) is 5.89. The Morgan fingerprint density at radius 3 is 2.39 bits per heavy atom. The Morgan fingerprint density at radius 1 is 1.33 bits per heavy atom. The SMILES string of the molecule is CC(C)(O)CONC(=O)Nc1cc(Cl)cc(Cl)c1. The molecule has 7 heteroatoms. The summed E-state index contributed by atoms with van der Waals surface area (Å²) in [4.78, 5) is 16.2. The third-order valence-electron chi connectivity index (χ3n) is 1.71. The molecule has 2 amide bonds. The lowest BCUT2D eigenvalue weighted by molar-refractivity contribution is -0.0467. The minimum Gasteiger partial charge on any atom is -0.388 e. The molecule has 0 aliphatic rings. The van der Waals surface area contributed by atoms with E-state index >= 15 is 0 Å². The number of urea groups is 1. The van der Waals surface area contributed by atoms with Crippen LogP contribution in [-0.4, -0.2) is 23.3 Å². The lowest BCUT2D eigenvalue weighted by Gasteiger charge is -2.16. The van der Waals surface area contributed by atoms with E-state index in [1.807, 2.05) is 0 Å². The van der Waals surface area contributed by atoms with Gasteiger partial charge in [-0.25, -0.2) is 10.3 Å². The molecular weight excluding hydrogens is 279 g/mol. The van der Waals surface area contributed by atoms with E-state index in [1.165, 1.54) is 0 Å². The lowest BCUT2D eigenvalue weighted by atomic mass is 10.2. The summed E-state index contributed by atoms with van der Waals surface area (Å²) in [6.07, 6.45) is 0. The maximum absolute atomic E-state index is 11.4. The van der Waals surface area contributed by atoms with Crippen molar-refractivity contribution >= 4 is 34.9 Å². The Morgan fingerprint density at radius 2 is 1.89 bits per heavy atom. The van der Waals surface area contributed by atoms with E-state index in [0.29, 0.717) is 15.7 Å². The van der Waals surface area contributed by atoms with Gasteiger partial charge in [-0.3, -0.25) is 4.84 Å². The number of hydrogen-bond donors (Lipinski definition) is 3. The molecule has 0 spiro atoms. The Kier molecular flexibility index (Phi) is 5.22. The van der Waals surface area contributed by atoms with Gasteiger partial charge in [-0.2, -0.15) is 0 Å². The normalized spacial score (nSPS) is 11.2. The molecule has 0 atom stereocenters. The van der Waals surface area contributed by atoms with Crippen LogP contribution in [-0.2, 0) is 4.84 Å². The first-order valence-electron chi connectivity index (χ1n) is 5.13. The molecule has 0 saturated carbocycles. The minimum atomic E-state index is -1.02. The summed E-state index contributed by atoms with van der Waals surface area (Å²) in [5.41, 5.74) is 1.55. The molecule has 1 aromatic rings. The van der Waals surface area contributed by atoms with Gasteiger partial charge in [0.2, 0.25) is 0 Å². The van der Waals surface area contributed by atoms with E-state index in [1.54, 1.807) is 32.0 Å². The van der Waals surface area contributed by atoms with Crippen LogP contribution in [0, 0.1) is 0 Å². The van der Waals surface area contributed by atoms with Crippen LogP contribution >= 0.6 is 23.2 Å². The number of amides is 2. The quantitative estimate of drug-likeness (QED) is 0.748. The van der Waals surface area contributed by atoms with Crippen molar-refractivity contribution in [3.05, 3.63) is 28.2 Å². The third kappa shape index (κ3) is 6.07. The zero-order valence-electron chi connectivity index (χ0n) is 9.96. The molecular formula is C11H14Cl2N2O3. The fraction of sp³-hybridized carbons (Fsp3) is 0.364. The third-order valence-corrected chi connectivity index (χ3v) is 2.15. The summed E-state index contributed by atoms with van der Waals surface area (Å²) in [5, 5.41) is 12.7. The minimum absolute atomic E-state index is 0.0310. The number of aliphatic hydroxyl groups is 1. The molecule has 0 heterocycles. The highest BCUT2D eigenvalue weighted by molar-refractivity contribution is 6.35. The second-order valence-corrected chi connectivity index (χ2v) is 5.19. The van der Waals surface area contributed by atoms with Crippen LogP contribution in [0.15, 0.2) is 18.2 Å². The van der Waals surface area contributed by atoms with E-state index in [0.717, 1.165) is 0 Å². The predicted octanol–water partition coefficient (Wildman–Crippen LogP) is 2.82. The molecule has 0 radical (unpaired) electrons. The highest BCUT2D eigenvalue weighted by Gasteiger charge is 2.13. The molecule has 0 fully saturated rings. The number of halogens is 2. The summed E-state index contributed by atoms with van der Waals surface area (Å²) in [6, 6.07) is 4.06. The molecule has 0 aromatic heterocycles. The van der Waals surface area contributed by atoms with Gasteiger partial charge in [-0.05, 0) is 32.0 Å². The molecule has 0 aliphatic carbocycles. The average molecular weight is 293 g/mol. The second kappa shape index (κ2) is 6.24. The monoisotopic (exact) mass is 292 g/mol. The standard InChI is InChI=1S/C11H14Cl2N2O3/c1-11(2,17)6-18-15-10(16)14-9-4-7(12)3-8(13)5-9/h3-5,17H,6H2,1-2H3,(H2,14,15,16). The number of hydrogen-bond acceptors (Lipinski definition) is 3. The van der Waals surface area contributed by atoms with Crippen molar-refractivity contribution in [2.75, 3.05) is 11.9 Å². The number of rotatable bonds is 4. The van der Waals surface area contributed by atoms with Crippen molar-refractivity contribution in [3.63, 3.8) is 0 Å². The van der Waals surface area contributed by atoms with Crippen LogP contribution in [0.3, 0.4) is 0 Å². The van der Waals surface area contributed by atoms with Crippen molar-refractivity contribution in [2.24, 2.45) is 0 Å². The molecule has 0 aliphatic heterocycles. The van der Waals surface area contributed by atoms with Crippen LogP contribution in [0.4, 0.5) is 10.5 Å². The van der Waals surface area contributed by atoms with Crippen molar-refractivity contribution in [2.45, 2.75) is 19.4 Å². The maximum atomic E-state index is 11.4. The molecule has 18 heavy (non-hydrogen) atoms. The molecule has 5 nitrogen and oxygen atoms in total. The van der Waals surface area contributed by atoms with E-state index < -0.39 is 11.6 Å². The lowest BCUT2D eigenvalue weighted by Crippen LogP contribution is -2.35. The summed E-state index contributed by atoms with van der Waals surface area (Å²) in [5.74, 6) is 0. The van der Waals surface area contributed by atoms with E-state index in [2.05, 4.69) is 10.8 Å². The number of anilines is 1. The first kappa shape index (κ1) is 15.0. The highest BCUT2D eigenvalue weighted by atomic mass is 35.5. The van der Waals surface area contributed by atoms with Gasteiger partial charge in [0.25, 0.3) is 0 Å². The Balaban J connectivity index is 2.45. The van der Waals surface area contributed by atoms with E-state index in [-0.39, 0.29) is 6.61 Å². The number of carbonyl (C=O) groups is 1. The van der Waals surface area contributed by atoms with Crippen LogP contribution < -0.4 is 10.8 Å². The molecule has 3 N–H and O–H groups in total. The summed E-state index contributed by atoms with van der Waals surface area (Å²) in [6.45, 7) is 3.09. The zero-order valence-corrected chi connectivity index (χ0v) is 11.5. The van der Waals surface area contributed by atoms with Crippen LogP contribution in [0.5, 0.6) is 0 Å². The highest BCUT2D eigenvalue weighted by Crippen LogP contribution is 2.22. The van der Waals surface area contributed by atoms with Crippen LogP contribution in [0.25, 0.3) is 0 Å². The topological polar surface area (TPSA) is 70.6 Å².